The maximum atomic E-state index is 11.3. The van der Waals surface area contributed by atoms with Gasteiger partial charge in [0.15, 0.2) is 0 Å². The summed E-state index contributed by atoms with van der Waals surface area (Å²) >= 11 is 1.21. The molecule has 0 saturated carbocycles. The van der Waals surface area contributed by atoms with Gasteiger partial charge in [-0.15, -0.1) is 10.2 Å². The van der Waals surface area contributed by atoms with Crippen molar-refractivity contribution >= 4 is 28.3 Å². The number of nitrogens with two attached hydrogens (primary N) is 1. The standard InChI is InChI=1S/C9H14N4O3S/c1-5(10)8(15)11-9-13-12-6(17-9)3-4-7(14)16-2/h5H,3-4,10H2,1-2H3,(H,11,13,15)/t5-/m1/s1. The van der Waals surface area contributed by atoms with Crippen LogP contribution in [0.2, 0.25) is 0 Å². The molecule has 0 spiro atoms. The Bertz CT molecular complexity index is 405. The number of carbonyl (C=O) groups is 2. The molecule has 94 valence electrons. The number of ether oxygens (including phenoxy) is 1. The molecule has 1 aromatic rings. The van der Waals surface area contributed by atoms with Crippen LogP contribution < -0.4 is 11.1 Å². The van der Waals surface area contributed by atoms with E-state index < -0.39 is 6.04 Å². The lowest BCUT2D eigenvalue weighted by Crippen LogP contribution is -2.32. The van der Waals surface area contributed by atoms with E-state index in [0.29, 0.717) is 16.6 Å². The third-order valence-corrected chi connectivity index (χ3v) is 2.78. The van der Waals surface area contributed by atoms with Gasteiger partial charge in [-0.1, -0.05) is 11.3 Å². The van der Waals surface area contributed by atoms with Gasteiger partial charge in [0.1, 0.15) is 5.01 Å². The van der Waals surface area contributed by atoms with E-state index in [9.17, 15) is 9.59 Å². The number of aryl methyl sites for hydroxylation is 1. The summed E-state index contributed by atoms with van der Waals surface area (Å²) in [6, 6.07) is -0.600. The van der Waals surface area contributed by atoms with Crippen LogP contribution in [-0.4, -0.2) is 35.2 Å². The minimum absolute atomic E-state index is 0.242. The average molecular weight is 258 g/mol. The number of esters is 1. The van der Waals surface area contributed by atoms with Crippen LogP contribution in [0.15, 0.2) is 0 Å². The highest BCUT2D eigenvalue weighted by atomic mass is 32.1. The molecule has 0 saturated heterocycles. The first kappa shape index (κ1) is 13.5. The summed E-state index contributed by atoms with van der Waals surface area (Å²) in [6.45, 7) is 1.58. The molecule has 8 heteroatoms. The largest absolute Gasteiger partial charge is 0.469 e. The molecule has 0 radical (unpaired) electrons. The molecule has 0 fully saturated rings. The summed E-state index contributed by atoms with van der Waals surface area (Å²) in [6.07, 6.45) is 0.685. The maximum absolute atomic E-state index is 11.3. The molecule has 1 amide bonds. The van der Waals surface area contributed by atoms with Gasteiger partial charge < -0.3 is 10.5 Å². The Kier molecular flexibility index (Phi) is 4.98. The average Bonchev–Trinajstić information content (AvgIpc) is 2.73. The van der Waals surface area contributed by atoms with E-state index in [0.717, 1.165) is 0 Å². The molecule has 1 heterocycles. The lowest BCUT2D eigenvalue weighted by atomic mass is 10.3. The van der Waals surface area contributed by atoms with Crippen molar-refractivity contribution in [3.05, 3.63) is 5.01 Å². The Morgan fingerprint density at radius 3 is 2.82 bits per heavy atom. The zero-order valence-electron chi connectivity index (χ0n) is 9.60. The molecule has 1 aromatic heterocycles. The molecule has 0 aliphatic carbocycles. The van der Waals surface area contributed by atoms with Crippen LogP contribution in [0.25, 0.3) is 0 Å². The van der Waals surface area contributed by atoms with Crippen molar-refractivity contribution in [2.45, 2.75) is 25.8 Å². The van der Waals surface area contributed by atoms with Gasteiger partial charge >= 0.3 is 5.97 Å². The van der Waals surface area contributed by atoms with Crippen LogP contribution in [0.5, 0.6) is 0 Å². The molecular formula is C9H14N4O3S. The molecular weight excluding hydrogens is 244 g/mol. The maximum Gasteiger partial charge on any atom is 0.305 e. The van der Waals surface area contributed by atoms with E-state index in [1.54, 1.807) is 6.92 Å². The van der Waals surface area contributed by atoms with Crippen molar-refractivity contribution in [3.8, 4) is 0 Å². The molecule has 0 unspecified atom stereocenters. The Hall–Kier alpha value is -1.54. The summed E-state index contributed by atoms with van der Waals surface area (Å²) in [4.78, 5) is 22.2. The van der Waals surface area contributed by atoms with Crippen LogP contribution in [0, 0.1) is 0 Å². The van der Waals surface area contributed by atoms with Gasteiger partial charge in [0.2, 0.25) is 11.0 Å². The van der Waals surface area contributed by atoms with Gasteiger partial charge in [-0.3, -0.25) is 14.9 Å². The van der Waals surface area contributed by atoms with E-state index in [1.807, 2.05) is 0 Å². The second-order valence-electron chi connectivity index (χ2n) is 3.36. The fourth-order valence-electron chi connectivity index (χ4n) is 0.935. The Balaban J connectivity index is 2.48. The van der Waals surface area contributed by atoms with Gasteiger partial charge in [0, 0.05) is 6.42 Å². The smallest absolute Gasteiger partial charge is 0.305 e. The summed E-state index contributed by atoms with van der Waals surface area (Å²) < 4.78 is 4.51. The lowest BCUT2D eigenvalue weighted by molar-refractivity contribution is -0.140. The second kappa shape index (κ2) is 6.26. The van der Waals surface area contributed by atoms with E-state index >= 15 is 0 Å². The lowest BCUT2D eigenvalue weighted by Gasteiger charge is -2.02. The van der Waals surface area contributed by atoms with Crippen molar-refractivity contribution in [2.24, 2.45) is 5.73 Å². The van der Waals surface area contributed by atoms with E-state index in [4.69, 9.17) is 5.73 Å². The summed E-state index contributed by atoms with van der Waals surface area (Å²) in [5.74, 6) is -0.623. The normalized spacial score (nSPS) is 11.9. The molecule has 3 N–H and O–H groups in total. The Morgan fingerprint density at radius 2 is 2.24 bits per heavy atom. The van der Waals surface area contributed by atoms with Gasteiger partial charge in [-0.25, -0.2) is 0 Å². The predicted octanol–water partition coefficient (Wildman–Crippen LogP) is -0.0706. The number of nitrogens with zero attached hydrogens (tertiary/aromatic N) is 2. The van der Waals surface area contributed by atoms with Crippen LogP contribution in [-0.2, 0) is 20.7 Å². The number of hydrogen-bond acceptors (Lipinski definition) is 7. The molecule has 0 aliphatic heterocycles. The first-order valence-corrected chi connectivity index (χ1v) is 5.80. The number of nitrogens with one attached hydrogen (secondary N) is 1. The highest BCUT2D eigenvalue weighted by Gasteiger charge is 2.12. The number of rotatable bonds is 5. The zero-order chi connectivity index (χ0) is 12.8. The third kappa shape index (κ3) is 4.45. The fraction of sp³-hybridized carbons (Fsp3) is 0.556. The van der Waals surface area contributed by atoms with Crippen LogP contribution in [0.3, 0.4) is 0 Å². The minimum atomic E-state index is -0.600. The number of methoxy groups -OCH3 is 1. The summed E-state index contributed by atoms with van der Waals surface area (Å²) in [5, 5.41) is 11.2. The monoisotopic (exact) mass is 258 g/mol. The Labute approximate surface area is 102 Å². The predicted molar refractivity (Wildman–Crippen MR) is 62.5 cm³/mol. The molecule has 0 aliphatic rings. The number of aromatic nitrogens is 2. The van der Waals surface area contributed by atoms with Crippen molar-refractivity contribution in [1.29, 1.82) is 0 Å². The third-order valence-electron chi connectivity index (χ3n) is 1.88. The fourth-order valence-corrected chi connectivity index (χ4v) is 1.68. The molecule has 1 atom stereocenters. The Morgan fingerprint density at radius 1 is 1.53 bits per heavy atom. The van der Waals surface area contributed by atoms with Crippen LogP contribution in [0.4, 0.5) is 5.13 Å². The molecule has 0 bridgehead atoms. The van der Waals surface area contributed by atoms with Gasteiger partial charge in [0.05, 0.1) is 19.6 Å². The first-order chi connectivity index (χ1) is 8.02. The molecule has 1 rings (SSSR count). The van der Waals surface area contributed by atoms with Crippen LogP contribution in [0.1, 0.15) is 18.4 Å². The quantitative estimate of drug-likeness (QED) is 0.716. The van der Waals surface area contributed by atoms with Gasteiger partial charge in [0.25, 0.3) is 0 Å². The highest BCUT2D eigenvalue weighted by Crippen LogP contribution is 2.16. The number of carbonyl (C=O) groups excluding carboxylic acids is 2. The summed E-state index contributed by atoms with van der Waals surface area (Å²) in [5.41, 5.74) is 5.39. The zero-order valence-corrected chi connectivity index (χ0v) is 10.4. The van der Waals surface area contributed by atoms with Crippen molar-refractivity contribution in [3.63, 3.8) is 0 Å². The summed E-state index contributed by atoms with van der Waals surface area (Å²) in [7, 11) is 1.33. The first-order valence-electron chi connectivity index (χ1n) is 4.98. The molecule has 7 nitrogen and oxygen atoms in total. The molecule has 0 aromatic carbocycles. The number of anilines is 1. The molecule has 17 heavy (non-hydrogen) atoms. The van der Waals surface area contributed by atoms with Crippen LogP contribution >= 0.6 is 11.3 Å². The minimum Gasteiger partial charge on any atom is -0.469 e. The van der Waals surface area contributed by atoms with Crippen molar-refractivity contribution < 1.29 is 14.3 Å². The number of amides is 1. The topological polar surface area (TPSA) is 107 Å². The van der Waals surface area contributed by atoms with E-state index in [-0.39, 0.29) is 18.3 Å². The second-order valence-corrected chi connectivity index (χ2v) is 4.42. The SMILES string of the molecule is COC(=O)CCc1nnc(NC(=O)[C@@H](C)N)s1. The van der Waals surface area contributed by atoms with E-state index in [1.165, 1.54) is 18.4 Å². The van der Waals surface area contributed by atoms with Crippen molar-refractivity contribution in [2.75, 3.05) is 12.4 Å². The van der Waals surface area contributed by atoms with Gasteiger partial charge in [-0.2, -0.15) is 0 Å². The number of hydrogen-bond donors (Lipinski definition) is 2. The van der Waals surface area contributed by atoms with Gasteiger partial charge in [-0.05, 0) is 6.92 Å². The van der Waals surface area contributed by atoms with Crippen molar-refractivity contribution in [1.82, 2.24) is 10.2 Å². The highest BCUT2D eigenvalue weighted by molar-refractivity contribution is 7.15. The van der Waals surface area contributed by atoms with E-state index in [2.05, 4.69) is 20.3 Å².